The molecule has 1 aliphatic heterocycles. The number of nitrogens with one attached hydrogen (secondary N) is 2. The van der Waals surface area contributed by atoms with Gasteiger partial charge in [0.2, 0.25) is 0 Å². The van der Waals surface area contributed by atoms with Crippen LogP contribution in [0.2, 0.25) is 0 Å². The molecule has 1 unspecified atom stereocenters. The second-order valence-corrected chi connectivity index (χ2v) is 9.40. The molecule has 0 bridgehead atoms. The Balaban J connectivity index is 1.46. The van der Waals surface area contributed by atoms with Crippen LogP contribution in [-0.4, -0.2) is 7.05 Å². The number of ether oxygens (including phenoxy) is 2. The summed E-state index contributed by atoms with van der Waals surface area (Å²) in [7, 11) is 1.85. The van der Waals surface area contributed by atoms with E-state index >= 15 is 0 Å². The van der Waals surface area contributed by atoms with E-state index in [-0.39, 0.29) is 6.23 Å². The topological polar surface area (TPSA) is 42.5 Å². The summed E-state index contributed by atoms with van der Waals surface area (Å²) in [6.45, 7) is 0. The van der Waals surface area contributed by atoms with Crippen molar-refractivity contribution in [3.63, 3.8) is 0 Å². The smallest absolute Gasteiger partial charge is 0.188 e. The van der Waals surface area contributed by atoms with Crippen LogP contribution < -0.4 is 20.3 Å². The summed E-state index contributed by atoms with van der Waals surface area (Å²) >= 11 is 0. The first-order chi connectivity index (χ1) is 18.3. The van der Waals surface area contributed by atoms with E-state index in [0.717, 1.165) is 33.9 Å². The molecule has 4 heteroatoms. The average molecular weight is 483 g/mol. The first-order valence-electron chi connectivity index (χ1n) is 12.6. The lowest BCUT2D eigenvalue weighted by Crippen LogP contribution is -2.35. The molecule has 1 spiro atoms. The molecule has 2 aliphatic rings. The van der Waals surface area contributed by atoms with Crippen LogP contribution >= 0.6 is 0 Å². The molecule has 0 aromatic heterocycles. The van der Waals surface area contributed by atoms with Crippen LogP contribution in [0.1, 0.15) is 34.0 Å². The second-order valence-electron chi connectivity index (χ2n) is 9.40. The van der Waals surface area contributed by atoms with Crippen molar-refractivity contribution in [2.24, 2.45) is 0 Å². The van der Waals surface area contributed by atoms with Crippen molar-refractivity contribution >= 4 is 0 Å². The molecule has 7 rings (SSSR count). The van der Waals surface area contributed by atoms with Gasteiger partial charge in [0.1, 0.15) is 17.2 Å². The van der Waals surface area contributed by atoms with Gasteiger partial charge < -0.3 is 9.47 Å². The Kier molecular flexibility index (Phi) is 5.10. The normalized spacial score (nSPS) is 14.6. The van der Waals surface area contributed by atoms with Gasteiger partial charge >= 0.3 is 0 Å². The third-order valence-electron chi connectivity index (χ3n) is 7.45. The summed E-state index contributed by atoms with van der Waals surface area (Å²) in [5.74, 6) is 2.49. The predicted octanol–water partition coefficient (Wildman–Crippen LogP) is 6.96. The number of hydrogen-bond donors (Lipinski definition) is 2. The number of rotatable bonds is 5. The van der Waals surface area contributed by atoms with Gasteiger partial charge in [0.15, 0.2) is 6.23 Å². The van der Waals surface area contributed by atoms with Crippen LogP contribution in [0.15, 0.2) is 121 Å². The van der Waals surface area contributed by atoms with Crippen LogP contribution in [0.4, 0.5) is 0 Å². The molecule has 4 nitrogen and oxygen atoms in total. The number of para-hydroxylation sites is 1. The highest BCUT2D eigenvalue weighted by Crippen LogP contribution is 2.62. The molecule has 0 saturated carbocycles. The quantitative estimate of drug-likeness (QED) is 0.206. The first-order valence-corrected chi connectivity index (χ1v) is 12.6. The Morgan fingerprint density at radius 1 is 0.622 bits per heavy atom. The Labute approximate surface area is 216 Å². The molecule has 0 saturated heterocycles. The maximum Gasteiger partial charge on any atom is 0.188 e. The lowest BCUT2D eigenvalue weighted by molar-refractivity contribution is 0.151. The largest absolute Gasteiger partial charge is 0.470 e. The van der Waals surface area contributed by atoms with Crippen LogP contribution in [0.3, 0.4) is 0 Å². The molecular weight excluding hydrogens is 456 g/mol. The molecule has 5 aromatic rings. The van der Waals surface area contributed by atoms with Crippen molar-refractivity contribution in [1.82, 2.24) is 10.9 Å². The van der Waals surface area contributed by atoms with Gasteiger partial charge in [-0.3, -0.25) is 5.43 Å². The van der Waals surface area contributed by atoms with E-state index in [0.29, 0.717) is 0 Å². The summed E-state index contributed by atoms with van der Waals surface area (Å²) in [4.78, 5) is 0. The van der Waals surface area contributed by atoms with Gasteiger partial charge in [-0.25, -0.2) is 5.43 Å². The van der Waals surface area contributed by atoms with Crippen molar-refractivity contribution in [1.29, 1.82) is 0 Å². The van der Waals surface area contributed by atoms with E-state index in [4.69, 9.17) is 9.47 Å². The zero-order valence-corrected chi connectivity index (χ0v) is 20.4. The second kappa shape index (κ2) is 8.63. The molecule has 0 amide bonds. The molecule has 1 aliphatic carbocycles. The fourth-order valence-corrected chi connectivity index (χ4v) is 5.98. The highest BCUT2D eigenvalue weighted by molar-refractivity contribution is 5.88. The van der Waals surface area contributed by atoms with Gasteiger partial charge in [-0.15, -0.1) is 0 Å². The van der Waals surface area contributed by atoms with Crippen molar-refractivity contribution in [3.05, 3.63) is 149 Å². The van der Waals surface area contributed by atoms with E-state index in [1.165, 1.54) is 22.3 Å². The fourth-order valence-electron chi connectivity index (χ4n) is 5.98. The van der Waals surface area contributed by atoms with Gasteiger partial charge in [0, 0.05) is 16.7 Å². The predicted molar refractivity (Wildman–Crippen MR) is 146 cm³/mol. The maximum absolute atomic E-state index is 6.54. The minimum Gasteiger partial charge on any atom is -0.470 e. The van der Waals surface area contributed by atoms with Gasteiger partial charge in [-0.2, -0.15) is 0 Å². The van der Waals surface area contributed by atoms with E-state index in [1.807, 2.05) is 43.4 Å². The SMILES string of the molecule is CNNC(Oc1ccc2c(c1)C1(c3ccccc3O2)c2ccccc2-c2ccccc21)c1ccccc1. The standard InChI is InChI=1S/C33H26N2O2/c1-34-35-32(22-11-3-2-4-12-22)36-23-19-20-31-29(21-23)33(28-17-9-10-18-30(28)37-31)26-15-7-5-13-24(26)25-14-6-8-16-27(25)33/h2-21,32,34-35H,1H3. The minimum atomic E-state index is -0.505. The lowest BCUT2D eigenvalue weighted by Gasteiger charge is -2.39. The van der Waals surface area contributed by atoms with E-state index in [9.17, 15) is 0 Å². The van der Waals surface area contributed by atoms with Crippen LogP contribution in [-0.2, 0) is 5.41 Å². The Morgan fingerprint density at radius 2 is 1.22 bits per heavy atom. The number of hydrazine groups is 1. The summed E-state index contributed by atoms with van der Waals surface area (Å²) in [6.07, 6.45) is -0.361. The third kappa shape index (κ3) is 3.23. The molecule has 37 heavy (non-hydrogen) atoms. The minimum absolute atomic E-state index is 0.361. The van der Waals surface area contributed by atoms with Crippen molar-refractivity contribution in [2.75, 3.05) is 7.05 Å². The van der Waals surface area contributed by atoms with Crippen LogP contribution in [0.5, 0.6) is 17.2 Å². The van der Waals surface area contributed by atoms with Crippen LogP contribution in [0.25, 0.3) is 11.1 Å². The van der Waals surface area contributed by atoms with E-state index in [2.05, 4.69) is 95.8 Å². The number of benzene rings is 5. The van der Waals surface area contributed by atoms with Gasteiger partial charge in [0.05, 0.1) is 5.41 Å². The van der Waals surface area contributed by atoms with Gasteiger partial charge in [0.25, 0.3) is 0 Å². The van der Waals surface area contributed by atoms with E-state index in [1.54, 1.807) is 0 Å². The molecular formula is C33H26N2O2. The summed E-state index contributed by atoms with van der Waals surface area (Å²) in [6, 6.07) is 42.2. The molecule has 5 aromatic carbocycles. The van der Waals surface area contributed by atoms with Crippen molar-refractivity contribution in [3.8, 4) is 28.4 Å². The Bertz CT molecular complexity index is 1570. The highest BCUT2D eigenvalue weighted by atomic mass is 16.5. The molecule has 0 radical (unpaired) electrons. The zero-order chi connectivity index (χ0) is 24.8. The first kappa shape index (κ1) is 21.9. The van der Waals surface area contributed by atoms with Crippen molar-refractivity contribution in [2.45, 2.75) is 11.6 Å². The Morgan fingerprint density at radius 3 is 1.92 bits per heavy atom. The Hall–Kier alpha value is -4.38. The monoisotopic (exact) mass is 482 g/mol. The van der Waals surface area contributed by atoms with E-state index < -0.39 is 5.41 Å². The molecule has 1 atom stereocenters. The lowest BCUT2D eigenvalue weighted by atomic mass is 9.66. The summed E-state index contributed by atoms with van der Waals surface area (Å²) in [5, 5.41) is 0. The maximum atomic E-state index is 6.54. The number of fused-ring (bicyclic) bond motifs is 9. The molecule has 0 fully saturated rings. The zero-order valence-electron chi connectivity index (χ0n) is 20.4. The molecule has 2 N–H and O–H groups in total. The average Bonchev–Trinajstić information content (AvgIpc) is 3.25. The van der Waals surface area contributed by atoms with Crippen molar-refractivity contribution < 1.29 is 9.47 Å². The molecule has 1 heterocycles. The molecule has 180 valence electrons. The number of hydrogen-bond acceptors (Lipinski definition) is 4. The highest BCUT2D eigenvalue weighted by Gasteiger charge is 2.51. The van der Waals surface area contributed by atoms with Gasteiger partial charge in [-0.05, 0) is 53.6 Å². The van der Waals surface area contributed by atoms with Crippen LogP contribution in [0, 0.1) is 0 Å². The van der Waals surface area contributed by atoms with Gasteiger partial charge in [-0.1, -0.05) is 97.1 Å². The summed E-state index contributed by atoms with van der Waals surface area (Å²) in [5.41, 5.74) is 14.1. The fraction of sp³-hybridized carbons (Fsp3) is 0.0909. The summed E-state index contributed by atoms with van der Waals surface area (Å²) < 4.78 is 13.0. The third-order valence-corrected chi connectivity index (χ3v) is 7.45.